The molecule has 0 aliphatic heterocycles. The van der Waals surface area contributed by atoms with Gasteiger partial charge >= 0.3 is 7.12 Å². The molecule has 1 heterocycles. The first-order chi connectivity index (χ1) is 6.61. The summed E-state index contributed by atoms with van der Waals surface area (Å²) in [6.45, 7) is 1.92. The molecule has 0 amide bonds. The minimum Gasteiger partial charge on any atom is -0.423 e. The van der Waals surface area contributed by atoms with Crippen LogP contribution in [0.1, 0.15) is 5.56 Å². The summed E-state index contributed by atoms with van der Waals surface area (Å²) in [6.07, 6.45) is 0. The van der Waals surface area contributed by atoms with Gasteiger partial charge in [-0.15, -0.1) is 11.3 Å². The van der Waals surface area contributed by atoms with Gasteiger partial charge in [0.05, 0.1) is 0 Å². The van der Waals surface area contributed by atoms with Crippen molar-refractivity contribution in [3.63, 3.8) is 0 Å². The van der Waals surface area contributed by atoms with Crippen molar-refractivity contribution in [2.45, 2.75) is 6.92 Å². The van der Waals surface area contributed by atoms with E-state index in [0.29, 0.717) is 10.5 Å². The molecule has 2 aromatic rings. The second kappa shape index (κ2) is 3.55. The minimum absolute atomic E-state index is 0.477. The van der Waals surface area contributed by atoms with Crippen LogP contribution in [-0.4, -0.2) is 17.2 Å². The third-order valence-corrected chi connectivity index (χ3v) is 3.61. The van der Waals surface area contributed by atoms with Crippen LogP contribution in [0.3, 0.4) is 0 Å². The summed E-state index contributed by atoms with van der Waals surface area (Å²) in [5.41, 5.74) is 1.46. The Morgan fingerprint density at radius 3 is 2.79 bits per heavy atom. The van der Waals surface area contributed by atoms with E-state index < -0.39 is 7.12 Å². The quantitative estimate of drug-likeness (QED) is 0.724. The molecule has 0 saturated heterocycles. The van der Waals surface area contributed by atoms with Gasteiger partial charge in [0, 0.05) is 15.2 Å². The predicted octanol–water partition coefficient (Wildman–Crippen LogP) is 1.54. The zero-order valence-electron chi connectivity index (χ0n) is 7.49. The molecule has 5 heteroatoms. The van der Waals surface area contributed by atoms with Crippen molar-refractivity contribution in [3.05, 3.63) is 28.1 Å². The van der Waals surface area contributed by atoms with Crippen LogP contribution in [0.5, 0.6) is 0 Å². The summed E-state index contributed by atoms with van der Waals surface area (Å²) in [4.78, 5) is 0. The third kappa shape index (κ3) is 1.44. The number of thiophene rings is 1. The van der Waals surface area contributed by atoms with Crippen molar-refractivity contribution < 1.29 is 10.0 Å². The first-order valence-corrected chi connectivity index (χ1v) is 5.39. The van der Waals surface area contributed by atoms with E-state index in [0.717, 1.165) is 15.6 Å². The summed E-state index contributed by atoms with van der Waals surface area (Å²) >= 11 is 7.46. The lowest BCUT2D eigenvalue weighted by Gasteiger charge is -2.06. The topological polar surface area (TPSA) is 40.5 Å². The Morgan fingerprint density at radius 2 is 2.14 bits per heavy atom. The van der Waals surface area contributed by atoms with Gasteiger partial charge in [-0.25, -0.2) is 0 Å². The number of fused-ring (bicyclic) bond motifs is 1. The molecule has 72 valence electrons. The van der Waals surface area contributed by atoms with Gasteiger partial charge < -0.3 is 10.0 Å². The average Bonchev–Trinajstić information content (AvgIpc) is 2.59. The molecule has 0 saturated carbocycles. The third-order valence-electron chi connectivity index (χ3n) is 2.25. The molecule has 0 bridgehead atoms. The van der Waals surface area contributed by atoms with Crippen molar-refractivity contribution in [1.29, 1.82) is 0 Å². The van der Waals surface area contributed by atoms with E-state index >= 15 is 0 Å². The summed E-state index contributed by atoms with van der Waals surface area (Å²) in [7, 11) is -1.46. The summed E-state index contributed by atoms with van der Waals surface area (Å²) < 4.78 is 0.891. The molecule has 0 fully saturated rings. The molecule has 1 aromatic carbocycles. The minimum atomic E-state index is -1.46. The van der Waals surface area contributed by atoms with E-state index in [4.69, 9.17) is 21.6 Å². The van der Waals surface area contributed by atoms with Crippen LogP contribution in [0, 0.1) is 6.92 Å². The number of rotatable bonds is 1. The van der Waals surface area contributed by atoms with Gasteiger partial charge in [-0.2, -0.15) is 0 Å². The van der Waals surface area contributed by atoms with Crippen molar-refractivity contribution in [2.24, 2.45) is 0 Å². The number of aryl methyl sites for hydroxylation is 1. The first kappa shape index (κ1) is 9.99. The Kier molecular flexibility index (Phi) is 2.53. The van der Waals surface area contributed by atoms with Crippen molar-refractivity contribution in [1.82, 2.24) is 0 Å². The summed E-state index contributed by atoms with van der Waals surface area (Å²) in [6, 6.07) is 3.55. The molecule has 0 aliphatic rings. The van der Waals surface area contributed by atoms with Gasteiger partial charge in [-0.1, -0.05) is 11.6 Å². The zero-order valence-corrected chi connectivity index (χ0v) is 9.06. The highest BCUT2D eigenvalue weighted by molar-refractivity contribution is 7.18. The normalized spacial score (nSPS) is 10.9. The van der Waals surface area contributed by atoms with E-state index in [2.05, 4.69) is 0 Å². The van der Waals surface area contributed by atoms with Crippen LogP contribution >= 0.6 is 22.9 Å². The van der Waals surface area contributed by atoms with E-state index in [9.17, 15) is 0 Å². The molecule has 1 aromatic heterocycles. The van der Waals surface area contributed by atoms with E-state index in [-0.39, 0.29) is 0 Å². The maximum atomic E-state index is 9.16. The fourth-order valence-corrected chi connectivity index (χ4v) is 2.67. The Bertz CT molecular complexity index is 481. The number of benzene rings is 1. The molecule has 0 spiro atoms. The van der Waals surface area contributed by atoms with Crippen molar-refractivity contribution >= 4 is 45.6 Å². The number of hydrogen-bond donors (Lipinski definition) is 2. The summed E-state index contributed by atoms with van der Waals surface area (Å²) in [5.74, 6) is 0. The highest BCUT2D eigenvalue weighted by atomic mass is 35.5. The SMILES string of the molecule is Cc1c(Cl)cc(B(O)O)c2sccc12. The van der Waals surface area contributed by atoms with Gasteiger partial charge in [-0.05, 0) is 35.4 Å². The predicted molar refractivity (Wildman–Crippen MR) is 61.4 cm³/mol. The number of halogens is 1. The molecular weight excluding hydrogens is 218 g/mol. The van der Waals surface area contributed by atoms with Crippen LogP contribution < -0.4 is 5.46 Å². The van der Waals surface area contributed by atoms with Crippen LogP contribution in [0.15, 0.2) is 17.5 Å². The number of hydrogen-bond acceptors (Lipinski definition) is 3. The van der Waals surface area contributed by atoms with Crippen LogP contribution in [0.4, 0.5) is 0 Å². The average molecular weight is 226 g/mol. The maximum Gasteiger partial charge on any atom is 0.489 e. The molecule has 2 rings (SSSR count). The van der Waals surface area contributed by atoms with Crippen LogP contribution in [0.2, 0.25) is 5.02 Å². The van der Waals surface area contributed by atoms with Crippen LogP contribution in [0.25, 0.3) is 10.1 Å². The smallest absolute Gasteiger partial charge is 0.423 e. The summed E-state index contributed by atoms with van der Waals surface area (Å²) in [5, 5.41) is 21.8. The highest BCUT2D eigenvalue weighted by Crippen LogP contribution is 2.27. The molecule has 2 N–H and O–H groups in total. The lowest BCUT2D eigenvalue weighted by molar-refractivity contribution is 0.426. The van der Waals surface area contributed by atoms with Gasteiger partial charge in [0.15, 0.2) is 0 Å². The van der Waals surface area contributed by atoms with Gasteiger partial charge in [-0.3, -0.25) is 0 Å². The second-order valence-electron chi connectivity index (χ2n) is 3.11. The Balaban J connectivity index is 2.84. The molecule has 0 unspecified atom stereocenters. The molecule has 0 radical (unpaired) electrons. The molecule has 14 heavy (non-hydrogen) atoms. The van der Waals surface area contributed by atoms with Gasteiger partial charge in [0.25, 0.3) is 0 Å². The fourth-order valence-electron chi connectivity index (χ4n) is 1.46. The molecule has 0 atom stereocenters. The lowest BCUT2D eigenvalue weighted by Crippen LogP contribution is -2.30. The van der Waals surface area contributed by atoms with Crippen molar-refractivity contribution in [2.75, 3.05) is 0 Å². The Morgan fingerprint density at radius 1 is 1.43 bits per heavy atom. The molecule has 0 aliphatic carbocycles. The zero-order chi connectivity index (χ0) is 10.3. The van der Waals surface area contributed by atoms with Crippen molar-refractivity contribution in [3.8, 4) is 0 Å². The largest absolute Gasteiger partial charge is 0.489 e. The lowest BCUT2D eigenvalue weighted by atomic mass is 9.79. The van der Waals surface area contributed by atoms with E-state index in [1.807, 2.05) is 18.4 Å². The monoisotopic (exact) mass is 226 g/mol. The molecular formula is C9H8BClO2S. The Labute approximate surface area is 90.9 Å². The van der Waals surface area contributed by atoms with E-state index in [1.165, 1.54) is 11.3 Å². The van der Waals surface area contributed by atoms with Gasteiger partial charge in [0.1, 0.15) is 0 Å². The van der Waals surface area contributed by atoms with E-state index in [1.54, 1.807) is 6.07 Å². The van der Waals surface area contributed by atoms with Crippen LogP contribution in [-0.2, 0) is 0 Å². The fraction of sp³-hybridized carbons (Fsp3) is 0.111. The highest BCUT2D eigenvalue weighted by Gasteiger charge is 2.18. The molecule has 2 nitrogen and oxygen atoms in total. The standard InChI is InChI=1S/C9H8BClO2S/c1-5-6-2-3-14-9(6)7(10(12)13)4-8(5)11/h2-4,12-13H,1H3. The van der Waals surface area contributed by atoms with Gasteiger partial charge in [0.2, 0.25) is 0 Å². The first-order valence-electron chi connectivity index (χ1n) is 4.13. The second-order valence-corrected chi connectivity index (χ2v) is 4.43. The maximum absolute atomic E-state index is 9.16. The Hall–Kier alpha value is -0.545.